The second-order valence-corrected chi connectivity index (χ2v) is 15.9. The lowest BCUT2D eigenvalue weighted by Gasteiger charge is -2.28. The zero-order chi connectivity index (χ0) is 14.1. The van der Waals surface area contributed by atoms with Crippen molar-refractivity contribution in [2.45, 2.75) is 39.3 Å². The van der Waals surface area contributed by atoms with E-state index in [1.807, 2.05) is 25.7 Å². The van der Waals surface area contributed by atoms with Gasteiger partial charge in [-0.05, 0) is 30.9 Å². The summed E-state index contributed by atoms with van der Waals surface area (Å²) < 4.78 is 6.00. The Labute approximate surface area is 111 Å². The number of carbonyl (C=O) groups is 1. The molecule has 1 aromatic rings. The van der Waals surface area contributed by atoms with Crippen LogP contribution in [0.15, 0.2) is 18.2 Å². The number of hydrogen-bond acceptors (Lipinski definition) is 3. The minimum Gasteiger partial charge on any atom is -0.545 e. The van der Waals surface area contributed by atoms with Gasteiger partial charge in [0.2, 0.25) is 8.32 Å². The molecule has 0 saturated heterocycles. The Morgan fingerprint density at radius 1 is 1.11 bits per heavy atom. The summed E-state index contributed by atoms with van der Waals surface area (Å²) in [7, 11) is -3.50. The zero-order valence-corrected chi connectivity index (χ0v) is 14.0. The van der Waals surface area contributed by atoms with Crippen LogP contribution in [-0.4, -0.2) is 22.4 Å². The Morgan fingerprint density at radius 2 is 1.67 bits per heavy atom. The number of carboxylic acids is 1. The van der Waals surface area contributed by atoms with E-state index in [1.165, 1.54) is 0 Å². The van der Waals surface area contributed by atoms with Crippen LogP contribution in [0.5, 0.6) is 5.75 Å². The largest absolute Gasteiger partial charge is 0.545 e. The van der Waals surface area contributed by atoms with Crippen molar-refractivity contribution in [2.75, 3.05) is 0 Å². The van der Waals surface area contributed by atoms with Crippen LogP contribution in [0.3, 0.4) is 0 Å². The van der Waals surface area contributed by atoms with E-state index in [1.54, 1.807) is 12.1 Å². The van der Waals surface area contributed by atoms with Gasteiger partial charge in [0.05, 0.1) is 14.0 Å². The van der Waals surface area contributed by atoms with Gasteiger partial charge in [0, 0.05) is 5.56 Å². The molecule has 0 atom stereocenters. The zero-order valence-electron chi connectivity index (χ0n) is 12.0. The third kappa shape index (κ3) is 3.71. The summed E-state index contributed by atoms with van der Waals surface area (Å²) in [5.74, 6) is -0.626. The monoisotopic (exact) mass is 281 g/mol. The minimum absolute atomic E-state index is 0.178. The van der Waals surface area contributed by atoms with Crippen molar-refractivity contribution in [3.05, 3.63) is 23.8 Å². The number of aromatic carboxylic acids is 1. The van der Waals surface area contributed by atoms with E-state index in [0.717, 1.165) is 5.19 Å². The van der Waals surface area contributed by atoms with Crippen molar-refractivity contribution in [3.63, 3.8) is 0 Å². The highest BCUT2D eigenvalue weighted by atomic mass is 28.4. The van der Waals surface area contributed by atoms with Crippen molar-refractivity contribution in [3.8, 4) is 5.75 Å². The maximum Gasteiger partial charge on any atom is 0.242 e. The molecule has 1 aromatic carbocycles. The van der Waals surface area contributed by atoms with Crippen molar-refractivity contribution in [1.82, 2.24) is 0 Å². The number of carboxylic acid groups (broad SMARTS) is 1. The smallest absolute Gasteiger partial charge is 0.242 e. The van der Waals surface area contributed by atoms with Crippen LogP contribution in [0.1, 0.15) is 10.4 Å². The van der Waals surface area contributed by atoms with Gasteiger partial charge in [-0.2, -0.15) is 0 Å². The number of benzene rings is 1. The van der Waals surface area contributed by atoms with Crippen LogP contribution in [0.2, 0.25) is 39.3 Å². The quantitative estimate of drug-likeness (QED) is 0.791. The van der Waals surface area contributed by atoms with E-state index in [-0.39, 0.29) is 5.56 Å². The van der Waals surface area contributed by atoms with Crippen LogP contribution < -0.4 is 14.7 Å². The summed E-state index contributed by atoms with van der Waals surface area (Å²) >= 11 is 0. The number of carbonyl (C=O) groups excluding carboxylic acids is 1. The highest BCUT2D eigenvalue weighted by Gasteiger charge is 2.27. The molecule has 18 heavy (non-hydrogen) atoms. The van der Waals surface area contributed by atoms with Gasteiger partial charge in [-0.15, -0.1) is 0 Å². The van der Waals surface area contributed by atoms with Crippen LogP contribution in [0.4, 0.5) is 0 Å². The highest BCUT2D eigenvalue weighted by Crippen LogP contribution is 2.23. The summed E-state index contributed by atoms with van der Waals surface area (Å²) in [5.41, 5.74) is 0.178. The lowest BCUT2D eigenvalue weighted by Crippen LogP contribution is -2.43. The molecule has 0 aliphatic heterocycles. The van der Waals surface area contributed by atoms with Gasteiger partial charge in [0.15, 0.2) is 0 Å². The van der Waals surface area contributed by atoms with E-state index < -0.39 is 22.4 Å². The van der Waals surface area contributed by atoms with Crippen molar-refractivity contribution < 1.29 is 14.3 Å². The van der Waals surface area contributed by atoms with Gasteiger partial charge in [0.1, 0.15) is 5.75 Å². The van der Waals surface area contributed by atoms with Gasteiger partial charge in [-0.3, -0.25) is 0 Å². The fourth-order valence-corrected chi connectivity index (χ4v) is 4.10. The van der Waals surface area contributed by atoms with Crippen molar-refractivity contribution in [1.29, 1.82) is 0 Å². The molecule has 3 nitrogen and oxygen atoms in total. The van der Waals surface area contributed by atoms with Crippen LogP contribution in [0.25, 0.3) is 0 Å². The van der Waals surface area contributed by atoms with Crippen molar-refractivity contribution in [2.24, 2.45) is 0 Å². The number of rotatable bonds is 4. The molecule has 0 aliphatic rings. The first-order valence-electron chi connectivity index (χ1n) is 6.06. The summed E-state index contributed by atoms with van der Waals surface area (Å²) in [4.78, 5) is 11.2. The number of para-hydroxylation sites is 1. The standard InChI is InChI=1S/C13H22O3Si2/c1-17(2,3)11-9-7-8-10(13(14)15)12(11)16-18(4,5)6/h7-9H,1-6H3,(H,14,15)/p-1. The van der Waals surface area contributed by atoms with Gasteiger partial charge >= 0.3 is 0 Å². The molecule has 0 amide bonds. The van der Waals surface area contributed by atoms with E-state index in [9.17, 15) is 9.90 Å². The highest BCUT2D eigenvalue weighted by molar-refractivity contribution is 6.89. The van der Waals surface area contributed by atoms with Gasteiger partial charge in [-0.25, -0.2) is 0 Å². The first-order valence-corrected chi connectivity index (χ1v) is 13.0. The molecular formula is C13H21O3Si2-. The normalized spacial score (nSPS) is 12.3. The molecule has 5 heteroatoms. The molecular weight excluding hydrogens is 260 g/mol. The van der Waals surface area contributed by atoms with Crippen LogP contribution in [-0.2, 0) is 0 Å². The molecule has 0 unspecified atom stereocenters. The van der Waals surface area contributed by atoms with Crippen molar-refractivity contribution >= 4 is 27.5 Å². The first-order chi connectivity index (χ1) is 8.02. The Morgan fingerprint density at radius 3 is 2.06 bits per heavy atom. The molecule has 0 spiro atoms. The maximum absolute atomic E-state index is 11.2. The van der Waals surface area contributed by atoms with Gasteiger partial charge < -0.3 is 14.3 Å². The molecule has 0 aliphatic carbocycles. The number of hydrogen-bond donors (Lipinski definition) is 0. The lowest BCUT2D eigenvalue weighted by atomic mass is 10.2. The average molecular weight is 281 g/mol. The summed E-state index contributed by atoms with van der Waals surface area (Å²) in [5, 5.41) is 12.3. The molecule has 0 N–H and O–H groups in total. The predicted molar refractivity (Wildman–Crippen MR) is 77.7 cm³/mol. The molecule has 0 fully saturated rings. The Kier molecular flexibility index (Phi) is 4.07. The van der Waals surface area contributed by atoms with E-state index in [2.05, 4.69) is 19.6 Å². The maximum atomic E-state index is 11.2. The molecule has 0 aromatic heterocycles. The molecule has 0 bridgehead atoms. The Bertz CT molecular complexity index is 456. The van der Waals surface area contributed by atoms with Gasteiger partial charge in [-0.1, -0.05) is 31.8 Å². The minimum atomic E-state index is -1.85. The van der Waals surface area contributed by atoms with Gasteiger partial charge in [0.25, 0.3) is 0 Å². The SMILES string of the molecule is C[Si](C)(C)Oc1c(C(=O)[O-])cccc1[Si](C)(C)C. The molecule has 0 radical (unpaired) electrons. The summed E-state index contributed by atoms with van der Waals surface area (Å²) in [6, 6.07) is 5.32. The van der Waals surface area contributed by atoms with Crippen LogP contribution >= 0.6 is 0 Å². The molecule has 100 valence electrons. The summed E-state index contributed by atoms with van der Waals surface area (Å²) in [6.07, 6.45) is 0. The fourth-order valence-electron chi connectivity index (χ4n) is 1.70. The Balaban J connectivity index is 3.45. The summed E-state index contributed by atoms with van der Waals surface area (Å²) in [6.45, 7) is 12.7. The topological polar surface area (TPSA) is 49.4 Å². The third-order valence-electron chi connectivity index (χ3n) is 2.45. The second-order valence-electron chi connectivity index (χ2n) is 6.43. The predicted octanol–water partition coefficient (Wildman–Crippen LogP) is 1.81. The second kappa shape index (κ2) is 4.89. The first kappa shape index (κ1) is 15.0. The average Bonchev–Trinajstić information content (AvgIpc) is 2.13. The van der Waals surface area contributed by atoms with Crippen LogP contribution in [0, 0.1) is 0 Å². The van der Waals surface area contributed by atoms with E-state index in [0.29, 0.717) is 5.75 Å². The van der Waals surface area contributed by atoms with E-state index >= 15 is 0 Å². The Hall–Kier alpha value is -1.08. The fraction of sp³-hybridized carbons (Fsp3) is 0.462. The third-order valence-corrected chi connectivity index (χ3v) is 5.28. The molecule has 0 heterocycles. The lowest BCUT2D eigenvalue weighted by molar-refractivity contribution is -0.255. The molecule has 0 saturated carbocycles. The van der Waals surface area contributed by atoms with E-state index in [4.69, 9.17) is 4.43 Å². The molecule has 1 rings (SSSR count).